The van der Waals surface area contributed by atoms with Crippen molar-refractivity contribution in [3.05, 3.63) is 53.3 Å². The number of phenolic OH excluding ortho intramolecular Hbond substituents is 1. The van der Waals surface area contributed by atoms with E-state index in [1.807, 2.05) is 0 Å². The van der Waals surface area contributed by atoms with E-state index in [0.717, 1.165) is 6.07 Å². The summed E-state index contributed by atoms with van der Waals surface area (Å²) in [6.07, 6.45) is 0. The van der Waals surface area contributed by atoms with Gasteiger partial charge in [-0.1, -0.05) is 17.7 Å². The predicted octanol–water partition coefficient (Wildman–Crippen LogP) is 3.83. The van der Waals surface area contributed by atoms with Gasteiger partial charge >= 0.3 is 6.03 Å². The van der Waals surface area contributed by atoms with Gasteiger partial charge in [-0.05, 0) is 36.4 Å². The molecule has 0 radical (unpaired) electrons. The molecule has 6 heteroatoms. The number of nitrogens with one attached hydrogen (secondary N) is 2. The summed E-state index contributed by atoms with van der Waals surface area (Å²) in [7, 11) is 0. The Morgan fingerprint density at radius 2 is 1.79 bits per heavy atom. The molecule has 0 aromatic heterocycles. The lowest BCUT2D eigenvalue weighted by molar-refractivity contribution is 0.262. The standard InChI is InChI=1S/C13H10ClFN2O2/c14-8-4-6-9(7-5-8)16-13(19)17-11-3-1-2-10(15)12(11)18/h1-7,18H,(H2,16,17,19). The van der Waals surface area contributed by atoms with Crippen molar-refractivity contribution in [2.24, 2.45) is 0 Å². The molecular formula is C13H10ClFN2O2. The molecule has 0 heterocycles. The van der Waals surface area contributed by atoms with Gasteiger partial charge < -0.3 is 15.7 Å². The van der Waals surface area contributed by atoms with Crippen molar-refractivity contribution in [3.8, 4) is 5.75 Å². The molecular weight excluding hydrogens is 271 g/mol. The van der Waals surface area contributed by atoms with Crippen LogP contribution in [0, 0.1) is 5.82 Å². The molecule has 98 valence electrons. The molecule has 0 saturated carbocycles. The molecule has 2 amide bonds. The number of anilines is 2. The average molecular weight is 281 g/mol. The zero-order chi connectivity index (χ0) is 13.8. The second kappa shape index (κ2) is 5.58. The summed E-state index contributed by atoms with van der Waals surface area (Å²) < 4.78 is 13.1. The highest BCUT2D eigenvalue weighted by atomic mass is 35.5. The van der Waals surface area contributed by atoms with E-state index in [9.17, 15) is 14.3 Å². The smallest absolute Gasteiger partial charge is 0.323 e. The molecule has 0 saturated heterocycles. The molecule has 2 aromatic rings. The first kappa shape index (κ1) is 13.2. The number of phenols is 1. The number of rotatable bonds is 2. The van der Waals surface area contributed by atoms with Gasteiger partial charge in [0, 0.05) is 10.7 Å². The highest BCUT2D eigenvalue weighted by Gasteiger charge is 2.09. The van der Waals surface area contributed by atoms with E-state index >= 15 is 0 Å². The number of aromatic hydroxyl groups is 1. The van der Waals surface area contributed by atoms with Gasteiger partial charge in [0.1, 0.15) is 0 Å². The van der Waals surface area contributed by atoms with Crippen LogP contribution >= 0.6 is 11.6 Å². The summed E-state index contributed by atoms with van der Waals surface area (Å²) in [5.41, 5.74) is 0.518. The maximum absolute atomic E-state index is 13.1. The summed E-state index contributed by atoms with van der Waals surface area (Å²) in [5.74, 6) is -1.40. The zero-order valence-electron chi connectivity index (χ0n) is 9.65. The minimum Gasteiger partial charge on any atom is -0.503 e. The quantitative estimate of drug-likeness (QED) is 0.732. The van der Waals surface area contributed by atoms with Gasteiger partial charge in [0.2, 0.25) is 0 Å². The van der Waals surface area contributed by atoms with E-state index in [2.05, 4.69) is 10.6 Å². The number of benzene rings is 2. The maximum atomic E-state index is 13.1. The first-order chi connectivity index (χ1) is 9.06. The Labute approximate surface area is 113 Å². The molecule has 2 rings (SSSR count). The third-order valence-electron chi connectivity index (χ3n) is 2.34. The van der Waals surface area contributed by atoms with Gasteiger partial charge in [-0.3, -0.25) is 0 Å². The van der Waals surface area contributed by atoms with Crippen LogP contribution in [0.5, 0.6) is 5.75 Å². The molecule has 0 aliphatic carbocycles. The van der Waals surface area contributed by atoms with Crippen molar-refractivity contribution >= 4 is 29.0 Å². The fourth-order valence-electron chi connectivity index (χ4n) is 1.43. The SMILES string of the molecule is O=C(Nc1ccc(Cl)cc1)Nc1cccc(F)c1O. The van der Waals surface area contributed by atoms with Gasteiger partial charge in [-0.2, -0.15) is 0 Å². The number of hydrogen-bond acceptors (Lipinski definition) is 2. The van der Waals surface area contributed by atoms with E-state index < -0.39 is 17.6 Å². The molecule has 2 aromatic carbocycles. The van der Waals surface area contributed by atoms with Crippen LogP contribution in [0.1, 0.15) is 0 Å². The number of carbonyl (C=O) groups excluding carboxylic acids is 1. The number of urea groups is 1. The molecule has 4 nitrogen and oxygen atoms in total. The predicted molar refractivity (Wildman–Crippen MR) is 72.2 cm³/mol. The van der Waals surface area contributed by atoms with Crippen LogP contribution in [-0.4, -0.2) is 11.1 Å². The lowest BCUT2D eigenvalue weighted by atomic mass is 10.3. The first-order valence-electron chi connectivity index (χ1n) is 5.37. The third-order valence-corrected chi connectivity index (χ3v) is 2.59. The molecule has 3 N–H and O–H groups in total. The number of halogens is 2. The molecule has 0 aliphatic heterocycles. The number of amides is 2. The van der Waals surface area contributed by atoms with E-state index in [-0.39, 0.29) is 5.69 Å². The Kier molecular flexibility index (Phi) is 3.87. The third kappa shape index (κ3) is 3.35. The molecule has 0 spiro atoms. The minimum atomic E-state index is -0.802. The fourth-order valence-corrected chi connectivity index (χ4v) is 1.56. The number of hydrogen-bond donors (Lipinski definition) is 3. The minimum absolute atomic E-state index is 0.00790. The van der Waals surface area contributed by atoms with Crippen molar-refractivity contribution in [2.45, 2.75) is 0 Å². The Morgan fingerprint density at radius 1 is 1.11 bits per heavy atom. The summed E-state index contributed by atoms with van der Waals surface area (Å²) in [6, 6.07) is 9.75. The van der Waals surface area contributed by atoms with Gasteiger partial charge in [-0.25, -0.2) is 9.18 Å². The Bertz CT molecular complexity index is 602. The summed E-state index contributed by atoms with van der Waals surface area (Å²) in [6.45, 7) is 0. The van der Waals surface area contributed by atoms with Crippen molar-refractivity contribution in [2.75, 3.05) is 10.6 Å². The molecule has 0 aliphatic rings. The normalized spacial score (nSPS) is 10.0. The van der Waals surface area contributed by atoms with Gasteiger partial charge in [-0.15, -0.1) is 0 Å². The second-order valence-electron chi connectivity index (χ2n) is 3.72. The second-order valence-corrected chi connectivity index (χ2v) is 4.16. The average Bonchev–Trinajstić information content (AvgIpc) is 2.38. The number of carbonyl (C=O) groups is 1. The molecule has 0 bridgehead atoms. The van der Waals surface area contributed by atoms with Gasteiger partial charge in [0.15, 0.2) is 11.6 Å². The first-order valence-corrected chi connectivity index (χ1v) is 5.75. The van der Waals surface area contributed by atoms with Crippen LogP contribution < -0.4 is 10.6 Å². The highest BCUT2D eigenvalue weighted by Crippen LogP contribution is 2.25. The van der Waals surface area contributed by atoms with Crippen LogP contribution in [0.4, 0.5) is 20.6 Å². The topological polar surface area (TPSA) is 61.4 Å². The summed E-state index contributed by atoms with van der Waals surface area (Å²) in [4.78, 5) is 11.6. The van der Waals surface area contributed by atoms with Gasteiger partial charge in [0.25, 0.3) is 0 Å². The molecule has 19 heavy (non-hydrogen) atoms. The van der Waals surface area contributed by atoms with E-state index in [0.29, 0.717) is 10.7 Å². The van der Waals surface area contributed by atoms with Crippen molar-refractivity contribution in [1.29, 1.82) is 0 Å². The van der Waals surface area contributed by atoms with E-state index in [1.54, 1.807) is 24.3 Å². The maximum Gasteiger partial charge on any atom is 0.323 e. The Balaban J connectivity index is 2.05. The van der Waals surface area contributed by atoms with E-state index in [4.69, 9.17) is 11.6 Å². The van der Waals surface area contributed by atoms with Crippen LogP contribution in [0.15, 0.2) is 42.5 Å². The fraction of sp³-hybridized carbons (Fsp3) is 0. The van der Waals surface area contributed by atoms with Crippen molar-refractivity contribution < 1.29 is 14.3 Å². The monoisotopic (exact) mass is 280 g/mol. The van der Waals surface area contributed by atoms with Crippen LogP contribution in [-0.2, 0) is 0 Å². The van der Waals surface area contributed by atoms with E-state index in [1.165, 1.54) is 12.1 Å². The molecule has 0 fully saturated rings. The summed E-state index contributed by atoms with van der Waals surface area (Å²) >= 11 is 5.71. The molecule has 0 atom stereocenters. The molecule has 0 unspecified atom stereocenters. The lowest BCUT2D eigenvalue weighted by Gasteiger charge is -2.09. The number of para-hydroxylation sites is 1. The van der Waals surface area contributed by atoms with Crippen LogP contribution in [0.25, 0.3) is 0 Å². The zero-order valence-corrected chi connectivity index (χ0v) is 10.4. The largest absolute Gasteiger partial charge is 0.503 e. The van der Waals surface area contributed by atoms with Crippen molar-refractivity contribution in [3.63, 3.8) is 0 Å². The Hall–Kier alpha value is -2.27. The van der Waals surface area contributed by atoms with Gasteiger partial charge in [0.05, 0.1) is 5.69 Å². The van der Waals surface area contributed by atoms with Crippen LogP contribution in [0.3, 0.4) is 0 Å². The Morgan fingerprint density at radius 3 is 2.47 bits per heavy atom. The summed E-state index contributed by atoms with van der Waals surface area (Å²) in [5, 5.41) is 14.8. The highest BCUT2D eigenvalue weighted by molar-refractivity contribution is 6.30. The lowest BCUT2D eigenvalue weighted by Crippen LogP contribution is -2.19. The van der Waals surface area contributed by atoms with Crippen molar-refractivity contribution in [1.82, 2.24) is 0 Å². The van der Waals surface area contributed by atoms with Crippen LogP contribution in [0.2, 0.25) is 5.02 Å².